The largest absolute Gasteiger partial charge is 0.243 e. The third-order valence-electron chi connectivity index (χ3n) is 4.01. The highest BCUT2D eigenvalue weighted by molar-refractivity contribution is 7.89. The first-order chi connectivity index (χ1) is 11.0. The molecule has 0 radical (unpaired) electrons. The monoisotopic (exact) mass is 349 g/mol. The Kier molecular flexibility index (Phi) is 3.22. The third kappa shape index (κ3) is 2.43. The summed E-state index contributed by atoms with van der Waals surface area (Å²) in [5.41, 5.74) is 0.394. The summed E-state index contributed by atoms with van der Waals surface area (Å²) in [5, 5.41) is 0. The van der Waals surface area contributed by atoms with Gasteiger partial charge >= 0.3 is 0 Å². The van der Waals surface area contributed by atoms with Crippen LogP contribution in [-0.4, -0.2) is 17.2 Å². The van der Waals surface area contributed by atoms with Gasteiger partial charge in [-0.05, 0) is 31.0 Å². The first kappa shape index (κ1) is 14.7. The zero-order valence-electron chi connectivity index (χ0n) is 11.9. The molecule has 23 heavy (non-hydrogen) atoms. The van der Waals surface area contributed by atoms with Gasteiger partial charge in [0.1, 0.15) is 21.7 Å². The fourth-order valence-corrected chi connectivity index (χ4v) is 4.92. The van der Waals surface area contributed by atoms with Crippen LogP contribution in [0.15, 0.2) is 47.4 Å². The van der Waals surface area contributed by atoms with Gasteiger partial charge in [-0.1, -0.05) is 24.3 Å². The number of halogens is 1. The van der Waals surface area contributed by atoms with Crippen LogP contribution in [0.1, 0.15) is 18.4 Å². The van der Waals surface area contributed by atoms with Gasteiger partial charge in [0.25, 0.3) is 0 Å². The molecule has 1 saturated carbocycles. The third-order valence-corrected chi connectivity index (χ3v) is 6.12. The maximum Gasteiger partial charge on any atom is 0.243 e. The normalized spacial score (nSPS) is 16.6. The van der Waals surface area contributed by atoms with Crippen molar-refractivity contribution in [1.82, 2.24) is 13.5 Å². The minimum Gasteiger partial charge on any atom is -0.207 e. The quantitative estimate of drug-likeness (QED) is 0.786. The molecule has 118 valence electrons. The van der Waals surface area contributed by atoms with Gasteiger partial charge in [0.2, 0.25) is 10.0 Å². The standard InChI is InChI=1S/C15H12FN3O2S2/c16-11-5-2-1-4-10(11)15(8-9-15)19-23(20,21)13-7-3-6-12-14(13)18-22-17-12/h1-7,19H,8-9H2. The second kappa shape index (κ2) is 5.05. The first-order valence-corrected chi connectivity index (χ1v) is 9.23. The second-order valence-corrected chi connectivity index (χ2v) is 7.73. The smallest absolute Gasteiger partial charge is 0.207 e. The maximum atomic E-state index is 14.1. The summed E-state index contributed by atoms with van der Waals surface area (Å²) < 4.78 is 50.4. The number of nitrogens with one attached hydrogen (secondary N) is 1. The van der Waals surface area contributed by atoms with Crippen LogP contribution in [0.5, 0.6) is 0 Å². The van der Waals surface area contributed by atoms with E-state index >= 15 is 0 Å². The Morgan fingerprint density at radius 1 is 1.09 bits per heavy atom. The number of hydrogen-bond donors (Lipinski definition) is 1. The SMILES string of the molecule is O=S(=O)(NC1(c2ccccc2F)CC1)c1cccc2nsnc12. The highest BCUT2D eigenvalue weighted by Crippen LogP contribution is 2.47. The van der Waals surface area contributed by atoms with Gasteiger partial charge in [0, 0.05) is 5.56 Å². The molecule has 1 heterocycles. The molecule has 0 aliphatic heterocycles. The topological polar surface area (TPSA) is 72.0 Å². The van der Waals surface area contributed by atoms with Crippen molar-refractivity contribution in [3.8, 4) is 0 Å². The summed E-state index contributed by atoms with van der Waals surface area (Å²) >= 11 is 0.963. The van der Waals surface area contributed by atoms with Gasteiger partial charge in [0.15, 0.2) is 0 Å². The Morgan fingerprint density at radius 2 is 1.87 bits per heavy atom. The molecule has 0 bridgehead atoms. The number of benzene rings is 2. The van der Waals surface area contributed by atoms with Crippen LogP contribution in [0, 0.1) is 5.82 Å². The molecule has 0 saturated heterocycles. The van der Waals surface area contributed by atoms with Gasteiger partial charge in [-0.3, -0.25) is 0 Å². The van der Waals surface area contributed by atoms with Crippen molar-refractivity contribution in [3.05, 3.63) is 53.8 Å². The van der Waals surface area contributed by atoms with Crippen LogP contribution < -0.4 is 4.72 Å². The molecule has 0 spiro atoms. The first-order valence-electron chi connectivity index (χ1n) is 7.02. The minimum atomic E-state index is -3.83. The maximum absolute atomic E-state index is 14.1. The van der Waals surface area contributed by atoms with Crippen LogP contribution in [0.2, 0.25) is 0 Å². The summed E-state index contributed by atoms with van der Waals surface area (Å²) in [7, 11) is -3.83. The molecule has 2 aromatic carbocycles. The van der Waals surface area contributed by atoms with E-state index in [0.29, 0.717) is 29.4 Å². The van der Waals surface area contributed by atoms with E-state index in [0.717, 1.165) is 11.7 Å². The highest BCUT2D eigenvalue weighted by Gasteiger charge is 2.49. The highest BCUT2D eigenvalue weighted by atomic mass is 32.2. The molecular weight excluding hydrogens is 337 g/mol. The number of hydrogen-bond acceptors (Lipinski definition) is 5. The molecule has 1 aromatic heterocycles. The Labute approximate surface area is 136 Å². The van der Waals surface area contributed by atoms with Gasteiger partial charge < -0.3 is 0 Å². The lowest BCUT2D eigenvalue weighted by molar-refractivity contribution is 0.528. The number of sulfonamides is 1. The molecule has 0 atom stereocenters. The Balaban J connectivity index is 1.76. The summed E-state index contributed by atoms with van der Waals surface area (Å²) in [5.74, 6) is -0.402. The second-order valence-electron chi connectivity index (χ2n) is 5.56. The van der Waals surface area contributed by atoms with Crippen molar-refractivity contribution in [2.24, 2.45) is 0 Å². The molecule has 1 fully saturated rings. The Hall–Kier alpha value is -1.90. The lowest BCUT2D eigenvalue weighted by Crippen LogP contribution is -2.35. The molecule has 1 N–H and O–H groups in total. The lowest BCUT2D eigenvalue weighted by atomic mass is 10.1. The predicted octanol–water partition coefficient (Wildman–Crippen LogP) is 2.80. The van der Waals surface area contributed by atoms with Gasteiger partial charge in [-0.15, -0.1) is 0 Å². The summed E-state index contributed by atoms with van der Waals surface area (Å²) in [6, 6.07) is 11.1. The molecule has 5 nitrogen and oxygen atoms in total. The van der Waals surface area contributed by atoms with Crippen LogP contribution in [0.4, 0.5) is 4.39 Å². The fraction of sp³-hybridized carbons (Fsp3) is 0.200. The molecule has 4 rings (SSSR count). The van der Waals surface area contributed by atoms with Crippen molar-refractivity contribution < 1.29 is 12.8 Å². The number of fused-ring (bicyclic) bond motifs is 1. The lowest BCUT2D eigenvalue weighted by Gasteiger charge is -2.18. The zero-order chi connectivity index (χ0) is 16.1. The van der Waals surface area contributed by atoms with Crippen molar-refractivity contribution >= 4 is 32.8 Å². The van der Waals surface area contributed by atoms with E-state index < -0.39 is 21.4 Å². The van der Waals surface area contributed by atoms with E-state index in [1.165, 1.54) is 12.1 Å². The Bertz CT molecular complexity index is 997. The number of aromatic nitrogens is 2. The molecule has 1 aliphatic rings. The minimum absolute atomic E-state index is 0.0753. The number of rotatable bonds is 4. The van der Waals surface area contributed by atoms with Crippen molar-refractivity contribution in [1.29, 1.82) is 0 Å². The van der Waals surface area contributed by atoms with Gasteiger partial charge in [-0.25, -0.2) is 17.5 Å². The zero-order valence-corrected chi connectivity index (χ0v) is 13.5. The molecule has 8 heteroatoms. The van der Waals surface area contributed by atoms with Crippen LogP contribution in [0.3, 0.4) is 0 Å². The van der Waals surface area contributed by atoms with Gasteiger partial charge in [-0.2, -0.15) is 8.75 Å². The fourth-order valence-electron chi connectivity index (χ4n) is 2.71. The van der Waals surface area contributed by atoms with E-state index in [-0.39, 0.29) is 4.90 Å². The molecular formula is C15H12FN3O2S2. The molecule has 1 aliphatic carbocycles. The van der Waals surface area contributed by atoms with Crippen molar-refractivity contribution in [2.75, 3.05) is 0 Å². The van der Waals surface area contributed by atoms with Crippen molar-refractivity contribution in [2.45, 2.75) is 23.3 Å². The molecule has 3 aromatic rings. The molecule has 0 unspecified atom stereocenters. The van der Waals surface area contributed by atoms with Crippen LogP contribution in [0.25, 0.3) is 11.0 Å². The van der Waals surface area contributed by atoms with Crippen molar-refractivity contribution in [3.63, 3.8) is 0 Å². The average molecular weight is 349 g/mol. The van der Waals surface area contributed by atoms with Crippen LogP contribution in [-0.2, 0) is 15.6 Å². The van der Waals surface area contributed by atoms with E-state index in [9.17, 15) is 12.8 Å². The van der Waals surface area contributed by atoms with Gasteiger partial charge in [0.05, 0.1) is 17.3 Å². The average Bonchev–Trinajstić information content (AvgIpc) is 3.11. The molecule has 0 amide bonds. The summed E-state index contributed by atoms with van der Waals surface area (Å²) in [6.07, 6.45) is 1.14. The van der Waals surface area contributed by atoms with E-state index in [4.69, 9.17) is 0 Å². The summed E-state index contributed by atoms with van der Waals surface area (Å²) in [6.45, 7) is 0. The van der Waals surface area contributed by atoms with E-state index in [1.807, 2.05) is 0 Å². The Morgan fingerprint density at radius 3 is 2.61 bits per heavy atom. The predicted molar refractivity (Wildman–Crippen MR) is 85.0 cm³/mol. The van der Waals surface area contributed by atoms with Crippen LogP contribution >= 0.6 is 11.7 Å². The summed E-state index contributed by atoms with van der Waals surface area (Å²) in [4.78, 5) is 0.0753. The van der Waals surface area contributed by atoms with E-state index in [2.05, 4.69) is 13.5 Å². The van der Waals surface area contributed by atoms with E-state index in [1.54, 1.807) is 30.3 Å². The number of nitrogens with zero attached hydrogens (tertiary/aromatic N) is 2.